The molecule has 0 saturated carbocycles. The van der Waals surface area contributed by atoms with Crippen molar-refractivity contribution < 1.29 is 48.2 Å². The molecular weight excluding hydrogens is 1080 g/mol. The summed E-state index contributed by atoms with van der Waals surface area (Å²) in [6, 6.07) is 26.9. The molecule has 18 nitrogen and oxygen atoms in total. The minimum atomic E-state index is -1.08. The van der Waals surface area contributed by atoms with E-state index < -0.39 is 58.8 Å². The molecule has 0 bridgehead atoms. The average molecular weight is 1160 g/mol. The third-order valence-corrected chi connectivity index (χ3v) is 16.2. The molecular formula is C67H86N8O10. The Labute approximate surface area is 500 Å². The summed E-state index contributed by atoms with van der Waals surface area (Å²) in [7, 11) is 3.29. The number of nitrogens with zero attached hydrogens (tertiary/aromatic N) is 4. The van der Waals surface area contributed by atoms with Crippen LogP contribution in [0.25, 0.3) is 22.5 Å². The van der Waals surface area contributed by atoms with Crippen LogP contribution in [-0.4, -0.2) is 111 Å². The van der Waals surface area contributed by atoms with Crippen molar-refractivity contribution in [1.82, 2.24) is 36.3 Å². The lowest BCUT2D eigenvalue weighted by molar-refractivity contribution is -0.144. The quantitative estimate of drug-likeness (QED) is 0.0187. The Bertz CT molecular complexity index is 3250. The van der Waals surface area contributed by atoms with Gasteiger partial charge in [-0.05, 0) is 84.9 Å². The van der Waals surface area contributed by atoms with Crippen LogP contribution in [0.1, 0.15) is 136 Å². The number of para-hydroxylation sites is 1. The second-order valence-corrected chi connectivity index (χ2v) is 24.8. The molecule has 0 aliphatic carbocycles. The number of unbranched alkanes of at least 4 members (excludes halogenated alkanes) is 1. The van der Waals surface area contributed by atoms with Gasteiger partial charge in [-0.25, -0.2) is 4.79 Å². The molecule has 2 heterocycles. The van der Waals surface area contributed by atoms with Gasteiger partial charge in [0.1, 0.15) is 29.8 Å². The molecule has 0 spiro atoms. The van der Waals surface area contributed by atoms with Crippen LogP contribution in [0, 0.1) is 23.2 Å². The number of aromatic amines is 1. The number of carbonyl (C=O) groups is 8. The zero-order valence-corrected chi connectivity index (χ0v) is 51.6. The second kappa shape index (κ2) is 29.1. The number of hydrogen-bond acceptors (Lipinski definition) is 12. The molecule has 5 N–H and O–H groups in total. The Morgan fingerprint density at radius 1 is 0.729 bits per heavy atom. The van der Waals surface area contributed by atoms with E-state index in [1.807, 2.05) is 135 Å². The molecule has 0 fully saturated rings. The highest BCUT2D eigenvalue weighted by Gasteiger charge is 2.42. The van der Waals surface area contributed by atoms with E-state index in [0.29, 0.717) is 41.8 Å². The number of carbonyl (C=O) groups excluding carboxylic acids is 7. The number of carboxylic acid groups (broad SMARTS) is 1. The monoisotopic (exact) mass is 1160 g/mol. The van der Waals surface area contributed by atoms with Crippen molar-refractivity contribution in [2.75, 3.05) is 19.0 Å². The van der Waals surface area contributed by atoms with E-state index in [1.165, 1.54) is 11.8 Å². The van der Waals surface area contributed by atoms with Gasteiger partial charge in [0.2, 0.25) is 23.6 Å². The van der Waals surface area contributed by atoms with E-state index in [9.17, 15) is 43.5 Å². The molecule has 5 atom stereocenters. The molecule has 18 heteroatoms. The first-order valence-electron chi connectivity index (χ1n) is 29.3. The molecule has 1 aliphatic heterocycles. The van der Waals surface area contributed by atoms with Crippen LogP contribution in [0.4, 0.5) is 5.69 Å². The van der Waals surface area contributed by atoms with Gasteiger partial charge in [0.05, 0.1) is 36.8 Å². The van der Waals surface area contributed by atoms with Gasteiger partial charge in [0.15, 0.2) is 5.78 Å². The molecule has 1 aromatic heterocycles. The number of aromatic nitrogens is 3. The van der Waals surface area contributed by atoms with Crippen LogP contribution < -0.4 is 20.9 Å². The van der Waals surface area contributed by atoms with Gasteiger partial charge in [0, 0.05) is 60.8 Å². The van der Waals surface area contributed by atoms with Gasteiger partial charge in [-0.15, -0.1) is 0 Å². The van der Waals surface area contributed by atoms with Gasteiger partial charge >= 0.3 is 11.9 Å². The fraction of sp³-hybridized carbons (Fsp3) is 0.463. The van der Waals surface area contributed by atoms with Crippen molar-refractivity contribution in [2.24, 2.45) is 23.2 Å². The van der Waals surface area contributed by atoms with Crippen LogP contribution in [0.15, 0.2) is 109 Å². The Morgan fingerprint density at radius 2 is 1.35 bits per heavy atom. The minimum absolute atomic E-state index is 0.00840. The number of Topliss-reactive ketones (excluding diaryl/α,β-unsaturated/α-hetero) is 2. The lowest BCUT2D eigenvalue weighted by Crippen LogP contribution is -2.61. The number of fused-ring (bicyclic) bond motifs is 5. The summed E-state index contributed by atoms with van der Waals surface area (Å²) in [5, 5.41) is 30.2. The molecule has 4 amide bonds. The number of benzene rings is 4. The molecule has 1 aliphatic rings. The molecule has 5 aromatic rings. The molecule has 4 aromatic carbocycles. The van der Waals surface area contributed by atoms with E-state index in [2.05, 4.69) is 31.4 Å². The highest BCUT2D eigenvalue weighted by molar-refractivity contribution is 6.00. The number of ether oxygens (including phenoxy) is 1. The number of ketones is 2. The number of anilines is 1. The van der Waals surface area contributed by atoms with Crippen molar-refractivity contribution in [3.05, 3.63) is 137 Å². The van der Waals surface area contributed by atoms with Crippen LogP contribution in [0.5, 0.6) is 0 Å². The number of carboxylic acids is 1. The van der Waals surface area contributed by atoms with E-state index in [-0.39, 0.29) is 85.4 Å². The van der Waals surface area contributed by atoms with Crippen LogP contribution in [0.3, 0.4) is 0 Å². The summed E-state index contributed by atoms with van der Waals surface area (Å²) < 4.78 is 5.67. The number of esters is 1. The maximum absolute atomic E-state index is 14.2. The predicted molar refractivity (Wildman–Crippen MR) is 328 cm³/mol. The van der Waals surface area contributed by atoms with Crippen LogP contribution >= 0.6 is 0 Å². The van der Waals surface area contributed by atoms with Crippen molar-refractivity contribution in [3.8, 4) is 22.5 Å². The topological polar surface area (TPSA) is 250 Å². The van der Waals surface area contributed by atoms with Crippen LogP contribution in [0.2, 0.25) is 0 Å². The van der Waals surface area contributed by atoms with E-state index in [0.717, 1.165) is 33.6 Å². The normalized spacial score (nSPS) is 14.3. The Morgan fingerprint density at radius 3 is 1.99 bits per heavy atom. The maximum Gasteiger partial charge on any atom is 0.331 e. The fourth-order valence-corrected chi connectivity index (χ4v) is 10.9. The van der Waals surface area contributed by atoms with Crippen LogP contribution in [-0.2, 0) is 74.5 Å². The highest BCUT2D eigenvalue weighted by Crippen LogP contribution is 2.40. The summed E-state index contributed by atoms with van der Waals surface area (Å²) in [6.45, 7) is 20.4. The van der Waals surface area contributed by atoms with E-state index in [4.69, 9.17) is 4.74 Å². The van der Waals surface area contributed by atoms with Crippen molar-refractivity contribution in [1.29, 1.82) is 0 Å². The third-order valence-electron chi connectivity index (χ3n) is 16.2. The molecule has 85 heavy (non-hydrogen) atoms. The van der Waals surface area contributed by atoms with Gasteiger partial charge in [-0.1, -0.05) is 159 Å². The predicted octanol–water partition coefficient (Wildman–Crippen LogP) is 9.29. The number of aliphatic carboxylic acids is 1. The number of hydrogen-bond donors (Lipinski definition) is 5. The number of likely N-dealkylation sites (N-methyl/N-ethyl adjacent to an activating group) is 2. The van der Waals surface area contributed by atoms with Crippen molar-refractivity contribution >= 4 is 52.8 Å². The SMILES string of the molecule is CN[C@H](C(=O)N[C@H](C(=O)N(C)[C@H](/C=C(\C)C(=O)O)C(C)C)C(C)(C)C)C(C)(C)c1cccc(CC(=O)OCc2ccc(CC(=O)[C@H](C)NC(=O)[C@@H](CC(=O)CCCCC(=O)N3Cc4ccccc4-c4n[nH]nc4-c4ccccc43)C(C)C)cc2)c1. The zero-order valence-electron chi connectivity index (χ0n) is 51.6. The highest BCUT2D eigenvalue weighted by atomic mass is 16.5. The smallest absolute Gasteiger partial charge is 0.331 e. The Kier molecular flexibility index (Phi) is 22.6. The lowest BCUT2D eigenvalue weighted by atomic mass is 9.76. The Hall–Kier alpha value is -8.12. The molecule has 454 valence electrons. The zero-order chi connectivity index (χ0) is 62.5. The van der Waals surface area contributed by atoms with Crippen molar-refractivity contribution in [3.63, 3.8) is 0 Å². The van der Waals surface area contributed by atoms with Crippen molar-refractivity contribution in [2.45, 2.75) is 164 Å². The third kappa shape index (κ3) is 17.0. The Balaban J connectivity index is 0.954. The first kappa shape index (κ1) is 66.0. The maximum atomic E-state index is 14.2. The molecule has 0 radical (unpaired) electrons. The molecule has 6 rings (SSSR count). The summed E-state index contributed by atoms with van der Waals surface area (Å²) >= 11 is 0. The van der Waals surface area contributed by atoms with Gasteiger partial charge < -0.3 is 35.6 Å². The number of amides is 4. The second-order valence-electron chi connectivity index (χ2n) is 24.8. The summed E-state index contributed by atoms with van der Waals surface area (Å²) in [6.07, 6.45) is 3.00. The molecule has 0 saturated heterocycles. The summed E-state index contributed by atoms with van der Waals surface area (Å²) in [5.74, 6) is -3.95. The largest absolute Gasteiger partial charge is 0.478 e. The lowest BCUT2D eigenvalue weighted by Gasteiger charge is -2.40. The first-order valence-corrected chi connectivity index (χ1v) is 29.3. The number of nitrogens with one attached hydrogen (secondary N) is 4. The fourth-order valence-electron chi connectivity index (χ4n) is 10.9. The standard InChI is InChI=1S/C67H86N8O10/c1-40(2)52(37-49(76)24-15-19-28-56(78)75-38-47-22-14-16-25-50(47)58-59(72-73-71-58)51-26-17-18-27-53(51)75)62(80)69-43(6)55(77)35-44-29-31-45(32-30-44)39-85-57(79)36-46-21-20-23-48(34-46)67(10,11)60(68-12)63(81)70-61(66(7,8)9)64(82)74(13)54(41(3)4)33-42(5)65(83)84/h14,16-18,20-23,25-27,29-34,40-41,43,52,54,60-61,68H,15,19,24,28,35-39H2,1-13H3,(H,69,80)(H,70,81)(H,83,84)(H,71,72,73)/b42-33+/t43-,52-,54+,60+,61+/m0/s1. The average Bonchev–Trinajstić information content (AvgIpc) is 2.27. The number of rotatable bonds is 27. The van der Waals surface area contributed by atoms with E-state index in [1.54, 1.807) is 56.3 Å². The summed E-state index contributed by atoms with van der Waals surface area (Å²) in [4.78, 5) is 111. The van der Waals surface area contributed by atoms with Gasteiger partial charge in [0.25, 0.3) is 0 Å². The van der Waals surface area contributed by atoms with Gasteiger partial charge in [-0.2, -0.15) is 15.4 Å². The first-order chi connectivity index (χ1) is 40.1. The van der Waals surface area contributed by atoms with Gasteiger partial charge in [-0.3, -0.25) is 33.6 Å². The summed E-state index contributed by atoms with van der Waals surface area (Å²) in [5.41, 5.74) is 6.22. The minimum Gasteiger partial charge on any atom is -0.478 e. The van der Waals surface area contributed by atoms with E-state index >= 15 is 0 Å². The molecule has 0 unspecified atom stereocenters. The number of H-pyrrole nitrogens is 1.